The summed E-state index contributed by atoms with van der Waals surface area (Å²) in [5.41, 5.74) is 3.83. The molecule has 0 aromatic heterocycles. The Kier molecular flexibility index (Phi) is 5.21. The van der Waals surface area contributed by atoms with E-state index in [4.69, 9.17) is 16.3 Å². The number of nitrogens with zero attached hydrogens (tertiary/aromatic N) is 1. The maximum atomic E-state index is 14.3. The van der Waals surface area contributed by atoms with Crippen molar-refractivity contribution in [1.82, 2.24) is 4.90 Å². The lowest BCUT2D eigenvalue weighted by molar-refractivity contribution is -0.0760. The molecule has 0 aliphatic carbocycles. The van der Waals surface area contributed by atoms with Crippen molar-refractivity contribution in [3.8, 4) is 5.75 Å². The van der Waals surface area contributed by atoms with Gasteiger partial charge in [-0.2, -0.15) is 0 Å². The number of anilines is 1. The first-order valence-electron chi connectivity index (χ1n) is 10.1. The summed E-state index contributed by atoms with van der Waals surface area (Å²) >= 11 is 10.2. The molecule has 0 spiro atoms. The molecule has 0 bridgehead atoms. The zero-order chi connectivity index (χ0) is 21.8. The third-order valence-electron chi connectivity index (χ3n) is 6.18. The van der Waals surface area contributed by atoms with E-state index in [2.05, 4.69) is 21.2 Å². The summed E-state index contributed by atoms with van der Waals surface area (Å²) in [4.78, 5) is 1.95. The molecule has 5 rings (SSSR count). The molecule has 4 nitrogen and oxygen atoms in total. The average molecular weight is 504 g/mol. The van der Waals surface area contributed by atoms with Crippen molar-refractivity contribution < 1.29 is 14.2 Å². The second-order valence-corrected chi connectivity index (χ2v) is 9.18. The zero-order valence-electron chi connectivity index (χ0n) is 16.9. The zero-order valence-corrected chi connectivity index (χ0v) is 19.2. The van der Waals surface area contributed by atoms with Crippen LogP contribution in [0, 0.1) is 5.82 Å². The van der Waals surface area contributed by atoms with Gasteiger partial charge in [-0.25, -0.2) is 4.39 Å². The minimum atomic E-state index is -1.58. The second-order valence-electron chi connectivity index (χ2n) is 7.92. The fraction of sp³-hybridized carbons (Fsp3) is 0.250. The van der Waals surface area contributed by atoms with E-state index in [0.717, 1.165) is 45.6 Å². The van der Waals surface area contributed by atoms with Crippen LogP contribution in [0.1, 0.15) is 27.8 Å². The summed E-state index contributed by atoms with van der Waals surface area (Å²) in [6.45, 7) is 1.83. The molecule has 160 valence electrons. The summed E-state index contributed by atoms with van der Waals surface area (Å²) < 4.78 is 20.3. The summed E-state index contributed by atoms with van der Waals surface area (Å²) in [7, 11) is 1.63. The van der Waals surface area contributed by atoms with Crippen LogP contribution in [0.5, 0.6) is 5.75 Å². The monoisotopic (exact) mass is 502 g/mol. The van der Waals surface area contributed by atoms with Gasteiger partial charge in [0.2, 0.25) is 0 Å². The molecular formula is C24H21BrClFN2O2. The van der Waals surface area contributed by atoms with Gasteiger partial charge < -0.3 is 15.2 Å². The number of aliphatic hydroxyl groups is 1. The summed E-state index contributed by atoms with van der Waals surface area (Å²) in [5.74, 6) is 0.327. The van der Waals surface area contributed by atoms with E-state index in [1.807, 2.05) is 35.2 Å². The van der Waals surface area contributed by atoms with Crippen LogP contribution in [-0.4, -0.2) is 23.7 Å². The molecule has 0 saturated heterocycles. The number of nitrogens with one attached hydrogen (secondary N) is 1. The van der Waals surface area contributed by atoms with Crippen molar-refractivity contribution in [3.05, 3.63) is 91.7 Å². The molecule has 0 saturated carbocycles. The highest BCUT2D eigenvalue weighted by Gasteiger charge is 2.49. The van der Waals surface area contributed by atoms with Gasteiger partial charge in [-0.05, 0) is 59.5 Å². The first-order chi connectivity index (χ1) is 14.9. The highest BCUT2D eigenvalue weighted by molar-refractivity contribution is 9.10. The van der Waals surface area contributed by atoms with Crippen molar-refractivity contribution in [2.75, 3.05) is 19.0 Å². The first-order valence-corrected chi connectivity index (χ1v) is 11.2. The van der Waals surface area contributed by atoms with Crippen molar-refractivity contribution in [2.45, 2.75) is 25.2 Å². The molecule has 1 atom stereocenters. The third-order valence-corrected chi connectivity index (χ3v) is 7.14. The number of ether oxygens (including phenoxy) is 1. The third kappa shape index (κ3) is 3.33. The summed E-state index contributed by atoms with van der Waals surface area (Å²) in [6.07, 6.45) is 0.883. The molecular weight excluding hydrogens is 483 g/mol. The van der Waals surface area contributed by atoms with Gasteiger partial charge in [-0.3, -0.25) is 4.90 Å². The molecule has 3 aromatic rings. The van der Waals surface area contributed by atoms with Crippen LogP contribution in [0.4, 0.5) is 10.1 Å². The van der Waals surface area contributed by atoms with Crippen LogP contribution >= 0.6 is 27.5 Å². The van der Waals surface area contributed by atoms with E-state index in [-0.39, 0.29) is 0 Å². The maximum Gasteiger partial charge on any atom is 0.174 e. The Morgan fingerprint density at radius 2 is 1.97 bits per heavy atom. The summed E-state index contributed by atoms with van der Waals surface area (Å²) in [6, 6.07) is 13.9. The van der Waals surface area contributed by atoms with E-state index >= 15 is 0 Å². The fourth-order valence-electron chi connectivity index (χ4n) is 4.72. The molecule has 0 fully saturated rings. The number of hydrogen-bond acceptors (Lipinski definition) is 4. The summed E-state index contributed by atoms with van der Waals surface area (Å²) in [5, 5.41) is 16.0. The Balaban J connectivity index is 1.68. The quantitative estimate of drug-likeness (QED) is 0.499. The number of methoxy groups -OCH3 is 1. The molecule has 0 radical (unpaired) electrons. The van der Waals surface area contributed by atoms with Gasteiger partial charge in [0.05, 0.1) is 7.11 Å². The van der Waals surface area contributed by atoms with Crippen molar-refractivity contribution >= 4 is 33.2 Å². The van der Waals surface area contributed by atoms with Crippen LogP contribution in [-0.2, 0) is 25.2 Å². The molecule has 0 amide bonds. The molecule has 3 aromatic carbocycles. The minimum Gasteiger partial charge on any atom is -0.497 e. The number of benzene rings is 3. The van der Waals surface area contributed by atoms with Crippen LogP contribution in [0.3, 0.4) is 0 Å². The van der Waals surface area contributed by atoms with E-state index in [0.29, 0.717) is 23.7 Å². The lowest BCUT2D eigenvalue weighted by Crippen LogP contribution is -2.42. The van der Waals surface area contributed by atoms with Crippen molar-refractivity contribution in [1.29, 1.82) is 0 Å². The van der Waals surface area contributed by atoms with Crippen molar-refractivity contribution in [2.24, 2.45) is 0 Å². The minimum absolute atomic E-state index is 0.321. The van der Waals surface area contributed by atoms with Gasteiger partial charge in [0, 0.05) is 45.9 Å². The highest BCUT2D eigenvalue weighted by atomic mass is 79.9. The van der Waals surface area contributed by atoms with Gasteiger partial charge in [-0.15, -0.1) is 0 Å². The van der Waals surface area contributed by atoms with Crippen LogP contribution < -0.4 is 10.1 Å². The Morgan fingerprint density at radius 3 is 2.71 bits per heavy atom. The van der Waals surface area contributed by atoms with E-state index in [9.17, 15) is 9.50 Å². The average Bonchev–Trinajstić information content (AvgIpc) is 3.34. The molecule has 2 heterocycles. The lowest BCUT2D eigenvalue weighted by Gasteiger charge is -2.36. The van der Waals surface area contributed by atoms with Crippen LogP contribution in [0.2, 0.25) is 5.02 Å². The Hall–Kier alpha value is -2.12. The van der Waals surface area contributed by atoms with Gasteiger partial charge >= 0.3 is 0 Å². The largest absolute Gasteiger partial charge is 0.497 e. The number of rotatable bonds is 4. The normalized spacial score (nSPS) is 19.8. The predicted molar refractivity (Wildman–Crippen MR) is 123 cm³/mol. The smallest absolute Gasteiger partial charge is 0.174 e. The predicted octanol–water partition coefficient (Wildman–Crippen LogP) is 5.43. The Morgan fingerprint density at radius 1 is 1.19 bits per heavy atom. The maximum absolute atomic E-state index is 14.3. The van der Waals surface area contributed by atoms with Gasteiger partial charge in [0.1, 0.15) is 11.6 Å². The second kappa shape index (κ2) is 7.78. The standard InChI is InChI=1S/C24H21BrClFN2O2/c1-31-16-5-2-14(3-6-16)12-29-13-18-17-8-9-28-22(17)11-20(25)23(18)24(29,30)19-10-15(27)4-7-21(19)26/h2-7,10-11,28,30H,8-9,12-13H2,1H3. The number of fused-ring (bicyclic) bond motifs is 3. The van der Waals surface area contributed by atoms with E-state index in [1.54, 1.807) is 7.11 Å². The fourth-order valence-corrected chi connectivity index (χ4v) is 5.71. The van der Waals surface area contributed by atoms with E-state index < -0.39 is 11.5 Å². The van der Waals surface area contributed by atoms with Crippen molar-refractivity contribution in [3.63, 3.8) is 0 Å². The lowest BCUT2D eigenvalue weighted by atomic mass is 9.90. The molecule has 31 heavy (non-hydrogen) atoms. The number of hydrogen-bond donors (Lipinski definition) is 2. The Bertz CT molecular complexity index is 1170. The van der Waals surface area contributed by atoms with Crippen LogP contribution in [0.15, 0.2) is 53.0 Å². The van der Waals surface area contributed by atoms with Gasteiger partial charge in [-0.1, -0.05) is 39.7 Å². The highest BCUT2D eigenvalue weighted by Crippen LogP contribution is 2.51. The first kappa shape index (κ1) is 20.8. The van der Waals surface area contributed by atoms with Gasteiger partial charge in [0.15, 0.2) is 5.72 Å². The van der Waals surface area contributed by atoms with E-state index in [1.165, 1.54) is 23.8 Å². The molecule has 2 aliphatic rings. The molecule has 1 unspecified atom stereocenters. The number of halogens is 3. The topological polar surface area (TPSA) is 44.7 Å². The van der Waals surface area contributed by atoms with Crippen LogP contribution in [0.25, 0.3) is 0 Å². The molecule has 2 N–H and O–H groups in total. The Labute approximate surface area is 193 Å². The SMILES string of the molecule is COc1ccc(CN2Cc3c4c(cc(Br)c3C2(O)c2cc(F)ccc2Cl)NCC4)cc1. The van der Waals surface area contributed by atoms with Gasteiger partial charge in [0.25, 0.3) is 0 Å². The molecule has 7 heteroatoms. The molecule has 2 aliphatic heterocycles.